The molecular weight excluding hydrogens is 224 g/mol. The lowest BCUT2D eigenvalue weighted by atomic mass is 10.2. The van der Waals surface area contributed by atoms with Gasteiger partial charge in [0.15, 0.2) is 0 Å². The zero-order chi connectivity index (χ0) is 12.6. The summed E-state index contributed by atoms with van der Waals surface area (Å²) in [6.45, 7) is 3.85. The van der Waals surface area contributed by atoms with E-state index in [2.05, 4.69) is 39.7 Å². The van der Waals surface area contributed by atoms with E-state index in [0.717, 1.165) is 30.9 Å². The average molecular weight is 242 g/mol. The van der Waals surface area contributed by atoms with E-state index in [0.29, 0.717) is 0 Å². The van der Waals surface area contributed by atoms with Crippen molar-refractivity contribution in [2.45, 2.75) is 13.3 Å². The van der Waals surface area contributed by atoms with Crippen molar-refractivity contribution in [2.24, 2.45) is 0 Å². The molecule has 4 heteroatoms. The lowest BCUT2D eigenvalue weighted by Gasteiger charge is -2.08. The van der Waals surface area contributed by atoms with Gasteiger partial charge in [0.1, 0.15) is 0 Å². The smallest absolute Gasteiger partial charge is 0.0547 e. The Morgan fingerprint density at radius 1 is 1.06 bits per heavy atom. The first kappa shape index (κ1) is 12.4. The molecule has 0 aliphatic heterocycles. The molecule has 4 nitrogen and oxygen atoms in total. The largest absolute Gasteiger partial charge is 0.384 e. The fourth-order valence-corrected chi connectivity index (χ4v) is 1.73. The molecular formula is C14H18N4. The Morgan fingerprint density at radius 2 is 1.89 bits per heavy atom. The molecule has 0 saturated carbocycles. The molecule has 0 radical (unpaired) electrons. The molecule has 2 aromatic heterocycles. The highest BCUT2D eigenvalue weighted by Crippen LogP contribution is 2.12. The van der Waals surface area contributed by atoms with Gasteiger partial charge < -0.3 is 10.6 Å². The van der Waals surface area contributed by atoms with Gasteiger partial charge in [-0.1, -0.05) is 6.07 Å². The summed E-state index contributed by atoms with van der Waals surface area (Å²) in [5.74, 6) is 0. The van der Waals surface area contributed by atoms with E-state index in [1.54, 1.807) is 6.20 Å². The maximum absolute atomic E-state index is 4.19. The van der Waals surface area contributed by atoms with Gasteiger partial charge in [-0.25, -0.2) is 0 Å². The zero-order valence-corrected chi connectivity index (χ0v) is 10.6. The first-order valence-electron chi connectivity index (χ1n) is 6.20. The first-order chi connectivity index (χ1) is 8.88. The Labute approximate surface area is 107 Å². The van der Waals surface area contributed by atoms with Gasteiger partial charge in [-0.3, -0.25) is 9.97 Å². The molecule has 2 rings (SSSR count). The van der Waals surface area contributed by atoms with Crippen LogP contribution in [0.2, 0.25) is 0 Å². The van der Waals surface area contributed by atoms with Crippen molar-refractivity contribution >= 4 is 11.4 Å². The highest BCUT2D eigenvalue weighted by atomic mass is 14.9. The van der Waals surface area contributed by atoms with Gasteiger partial charge in [0.25, 0.3) is 0 Å². The summed E-state index contributed by atoms with van der Waals surface area (Å²) in [6.07, 6.45) is 8.31. The number of rotatable bonds is 6. The molecule has 0 bridgehead atoms. The van der Waals surface area contributed by atoms with Crippen molar-refractivity contribution in [2.75, 3.05) is 23.7 Å². The topological polar surface area (TPSA) is 49.8 Å². The van der Waals surface area contributed by atoms with Crippen LogP contribution in [0, 0.1) is 0 Å². The van der Waals surface area contributed by atoms with Crippen molar-refractivity contribution in [3.8, 4) is 0 Å². The standard InChI is InChI=1S/C14H18N4/c1-2-17-13-8-14(11-16-10-13)18-7-5-12-4-3-6-15-9-12/h3-4,6,8-11,17-18H,2,5,7H2,1H3. The van der Waals surface area contributed by atoms with Crippen molar-refractivity contribution < 1.29 is 0 Å². The molecule has 2 heterocycles. The van der Waals surface area contributed by atoms with E-state index in [1.165, 1.54) is 5.56 Å². The van der Waals surface area contributed by atoms with Crippen LogP contribution in [-0.2, 0) is 6.42 Å². The maximum atomic E-state index is 4.19. The van der Waals surface area contributed by atoms with E-state index in [4.69, 9.17) is 0 Å². The summed E-state index contributed by atoms with van der Waals surface area (Å²) in [5, 5.41) is 6.61. The normalized spacial score (nSPS) is 10.1. The molecule has 0 fully saturated rings. The van der Waals surface area contributed by atoms with Crippen LogP contribution in [0.5, 0.6) is 0 Å². The molecule has 0 aromatic carbocycles. The molecule has 0 saturated heterocycles. The molecule has 2 N–H and O–H groups in total. The third-order valence-electron chi connectivity index (χ3n) is 2.58. The number of pyridine rings is 2. The van der Waals surface area contributed by atoms with Gasteiger partial charge in [0.2, 0.25) is 0 Å². The van der Waals surface area contributed by atoms with Crippen LogP contribution >= 0.6 is 0 Å². The fourth-order valence-electron chi connectivity index (χ4n) is 1.73. The predicted molar refractivity (Wildman–Crippen MR) is 74.8 cm³/mol. The summed E-state index contributed by atoms with van der Waals surface area (Å²) in [4.78, 5) is 8.29. The van der Waals surface area contributed by atoms with E-state index in [1.807, 2.05) is 24.7 Å². The van der Waals surface area contributed by atoms with Crippen LogP contribution in [0.3, 0.4) is 0 Å². The highest BCUT2D eigenvalue weighted by molar-refractivity contribution is 5.53. The second kappa shape index (κ2) is 6.59. The van der Waals surface area contributed by atoms with Crippen LogP contribution in [0.4, 0.5) is 11.4 Å². The third-order valence-corrected chi connectivity index (χ3v) is 2.58. The van der Waals surface area contributed by atoms with Gasteiger partial charge in [-0.15, -0.1) is 0 Å². The third kappa shape index (κ3) is 3.73. The second-order valence-corrected chi connectivity index (χ2v) is 4.03. The van der Waals surface area contributed by atoms with Crippen molar-refractivity contribution in [1.82, 2.24) is 9.97 Å². The molecule has 0 unspecified atom stereocenters. The number of aromatic nitrogens is 2. The van der Waals surface area contributed by atoms with Gasteiger partial charge in [-0.2, -0.15) is 0 Å². The van der Waals surface area contributed by atoms with Gasteiger partial charge >= 0.3 is 0 Å². The van der Waals surface area contributed by atoms with Crippen molar-refractivity contribution in [3.05, 3.63) is 48.5 Å². The van der Waals surface area contributed by atoms with Crippen LogP contribution in [0.15, 0.2) is 43.0 Å². The number of hydrogen-bond donors (Lipinski definition) is 2. The van der Waals surface area contributed by atoms with Crippen molar-refractivity contribution in [1.29, 1.82) is 0 Å². The van der Waals surface area contributed by atoms with E-state index >= 15 is 0 Å². The Balaban J connectivity index is 1.84. The molecule has 18 heavy (non-hydrogen) atoms. The minimum absolute atomic E-state index is 0.878. The summed E-state index contributed by atoms with van der Waals surface area (Å²) in [5.41, 5.74) is 3.32. The van der Waals surface area contributed by atoms with E-state index in [-0.39, 0.29) is 0 Å². The fraction of sp³-hybridized carbons (Fsp3) is 0.286. The average Bonchev–Trinajstić information content (AvgIpc) is 2.41. The van der Waals surface area contributed by atoms with Gasteiger partial charge in [0, 0.05) is 25.5 Å². The number of hydrogen-bond acceptors (Lipinski definition) is 4. The maximum Gasteiger partial charge on any atom is 0.0547 e. The quantitative estimate of drug-likeness (QED) is 0.817. The molecule has 0 amide bonds. The summed E-state index contributed by atoms with van der Waals surface area (Å²) in [7, 11) is 0. The Bertz CT molecular complexity index is 470. The Morgan fingerprint density at radius 3 is 2.61 bits per heavy atom. The summed E-state index contributed by atoms with van der Waals surface area (Å²) >= 11 is 0. The van der Waals surface area contributed by atoms with Crippen LogP contribution in [0.1, 0.15) is 12.5 Å². The van der Waals surface area contributed by atoms with Gasteiger partial charge in [0.05, 0.1) is 23.8 Å². The molecule has 0 spiro atoms. The van der Waals surface area contributed by atoms with E-state index < -0.39 is 0 Å². The van der Waals surface area contributed by atoms with Crippen LogP contribution in [0.25, 0.3) is 0 Å². The van der Waals surface area contributed by atoms with Crippen molar-refractivity contribution in [3.63, 3.8) is 0 Å². The highest BCUT2D eigenvalue weighted by Gasteiger charge is 1.96. The molecule has 0 atom stereocenters. The summed E-state index contributed by atoms with van der Waals surface area (Å²) in [6, 6.07) is 6.12. The monoisotopic (exact) mass is 242 g/mol. The van der Waals surface area contributed by atoms with E-state index in [9.17, 15) is 0 Å². The molecule has 0 aliphatic rings. The molecule has 0 aliphatic carbocycles. The Hall–Kier alpha value is -2.10. The Kier molecular flexibility index (Phi) is 4.53. The number of anilines is 2. The lowest BCUT2D eigenvalue weighted by Crippen LogP contribution is -2.06. The minimum Gasteiger partial charge on any atom is -0.384 e. The number of nitrogens with zero attached hydrogens (tertiary/aromatic N) is 2. The SMILES string of the molecule is CCNc1cncc(NCCc2cccnc2)c1. The number of nitrogens with one attached hydrogen (secondary N) is 2. The summed E-state index contributed by atoms with van der Waals surface area (Å²) < 4.78 is 0. The zero-order valence-electron chi connectivity index (χ0n) is 10.6. The first-order valence-corrected chi connectivity index (χ1v) is 6.20. The van der Waals surface area contributed by atoms with Crippen LogP contribution in [-0.4, -0.2) is 23.1 Å². The lowest BCUT2D eigenvalue weighted by molar-refractivity contribution is 1.00. The molecule has 2 aromatic rings. The van der Waals surface area contributed by atoms with Gasteiger partial charge in [-0.05, 0) is 31.0 Å². The predicted octanol–water partition coefficient (Wildman–Crippen LogP) is 2.56. The minimum atomic E-state index is 0.878. The van der Waals surface area contributed by atoms with Crippen LogP contribution < -0.4 is 10.6 Å². The second-order valence-electron chi connectivity index (χ2n) is 4.03. The molecule has 94 valence electrons.